The molecule has 2 aromatic carbocycles. The number of anilines is 1. The minimum Gasteiger partial charge on any atom is -0.487 e. The predicted octanol–water partition coefficient (Wildman–Crippen LogP) is 5.32. The van der Waals surface area contributed by atoms with Gasteiger partial charge in [-0.15, -0.1) is 0 Å². The van der Waals surface area contributed by atoms with Crippen LogP contribution < -0.4 is 15.0 Å². The molecule has 1 fully saturated rings. The SMILES string of the molecule is Fc1ccccc1OC1CCC(C2=CCN=C3CNCc4cc(Cl)ccc4N23)CC1. The lowest BCUT2D eigenvalue weighted by Crippen LogP contribution is -2.41. The third-order valence-corrected chi connectivity index (χ3v) is 6.43. The second-order valence-electron chi connectivity index (χ2n) is 8.12. The molecule has 0 radical (unpaired) electrons. The van der Waals surface area contributed by atoms with Crippen molar-refractivity contribution >= 4 is 23.1 Å². The topological polar surface area (TPSA) is 36.9 Å². The van der Waals surface area contributed by atoms with Gasteiger partial charge in [0.1, 0.15) is 5.84 Å². The van der Waals surface area contributed by atoms with Crippen molar-refractivity contribution < 1.29 is 9.13 Å². The van der Waals surface area contributed by atoms with Crippen LogP contribution in [-0.2, 0) is 6.54 Å². The third-order valence-electron chi connectivity index (χ3n) is 6.19. The first-order valence-corrected chi connectivity index (χ1v) is 11.0. The molecule has 4 nitrogen and oxygen atoms in total. The first-order chi connectivity index (χ1) is 14.7. The molecule has 2 heterocycles. The maximum Gasteiger partial charge on any atom is 0.165 e. The van der Waals surface area contributed by atoms with Gasteiger partial charge in [0.25, 0.3) is 0 Å². The zero-order valence-electron chi connectivity index (χ0n) is 16.8. The Morgan fingerprint density at radius 2 is 1.90 bits per heavy atom. The molecule has 30 heavy (non-hydrogen) atoms. The van der Waals surface area contributed by atoms with E-state index in [0.717, 1.165) is 56.2 Å². The molecule has 6 heteroatoms. The molecule has 0 spiro atoms. The van der Waals surface area contributed by atoms with Gasteiger partial charge in [-0.25, -0.2) is 4.39 Å². The number of allylic oxidation sites excluding steroid dienone is 1. The van der Waals surface area contributed by atoms with E-state index in [4.69, 9.17) is 21.3 Å². The van der Waals surface area contributed by atoms with Crippen LogP contribution in [0.2, 0.25) is 5.02 Å². The van der Waals surface area contributed by atoms with E-state index in [0.29, 0.717) is 11.7 Å². The monoisotopic (exact) mass is 425 g/mol. The largest absolute Gasteiger partial charge is 0.487 e. The van der Waals surface area contributed by atoms with Crippen molar-refractivity contribution in [3.05, 3.63) is 70.6 Å². The highest BCUT2D eigenvalue weighted by Crippen LogP contribution is 2.39. The summed E-state index contributed by atoms with van der Waals surface area (Å²) in [5, 5.41) is 4.23. The van der Waals surface area contributed by atoms with Crippen molar-refractivity contribution in [3.8, 4) is 5.75 Å². The third kappa shape index (κ3) is 3.84. The summed E-state index contributed by atoms with van der Waals surface area (Å²) < 4.78 is 19.9. The Balaban J connectivity index is 1.33. The summed E-state index contributed by atoms with van der Waals surface area (Å²) in [6.45, 7) is 2.24. The Labute approximate surface area is 181 Å². The minimum atomic E-state index is -0.289. The number of amidine groups is 1. The van der Waals surface area contributed by atoms with E-state index in [1.54, 1.807) is 12.1 Å². The van der Waals surface area contributed by atoms with Gasteiger partial charge in [0, 0.05) is 17.3 Å². The molecule has 5 rings (SSSR count). The van der Waals surface area contributed by atoms with Gasteiger partial charge >= 0.3 is 0 Å². The number of hydrogen-bond donors (Lipinski definition) is 1. The van der Waals surface area contributed by atoms with E-state index >= 15 is 0 Å². The number of halogens is 2. The number of fused-ring (bicyclic) bond motifs is 3. The molecule has 2 aromatic rings. The minimum absolute atomic E-state index is 0.0624. The Morgan fingerprint density at radius 1 is 1.07 bits per heavy atom. The van der Waals surface area contributed by atoms with Crippen molar-refractivity contribution in [2.45, 2.75) is 38.3 Å². The molecule has 1 N–H and O–H groups in total. The zero-order valence-corrected chi connectivity index (χ0v) is 17.5. The summed E-state index contributed by atoms with van der Waals surface area (Å²) in [4.78, 5) is 7.09. The van der Waals surface area contributed by atoms with E-state index in [1.807, 2.05) is 18.2 Å². The van der Waals surface area contributed by atoms with Crippen LogP contribution in [0.1, 0.15) is 31.2 Å². The summed E-state index contributed by atoms with van der Waals surface area (Å²) in [6, 6.07) is 12.8. The molecule has 0 atom stereocenters. The van der Waals surface area contributed by atoms with Crippen LogP contribution in [0.5, 0.6) is 5.75 Å². The zero-order chi connectivity index (χ0) is 20.5. The first-order valence-electron chi connectivity index (χ1n) is 10.6. The molecule has 0 bridgehead atoms. The van der Waals surface area contributed by atoms with Gasteiger partial charge < -0.3 is 15.0 Å². The molecule has 0 unspecified atom stereocenters. The van der Waals surface area contributed by atoms with Crippen molar-refractivity contribution in [2.75, 3.05) is 18.0 Å². The predicted molar refractivity (Wildman–Crippen MR) is 119 cm³/mol. The lowest BCUT2D eigenvalue weighted by atomic mass is 9.83. The fourth-order valence-corrected chi connectivity index (χ4v) is 4.93. The van der Waals surface area contributed by atoms with Crippen LogP contribution in [-0.4, -0.2) is 25.0 Å². The first kappa shape index (κ1) is 19.6. The fourth-order valence-electron chi connectivity index (χ4n) is 4.74. The molecule has 0 amide bonds. The molecule has 156 valence electrons. The van der Waals surface area contributed by atoms with Gasteiger partial charge in [-0.05, 0) is 73.6 Å². The normalized spacial score (nSPS) is 23.6. The Hall–Kier alpha value is -2.37. The highest BCUT2D eigenvalue weighted by molar-refractivity contribution is 6.30. The van der Waals surface area contributed by atoms with Crippen molar-refractivity contribution in [3.63, 3.8) is 0 Å². The van der Waals surface area contributed by atoms with Crippen LogP contribution in [0.15, 0.2) is 59.2 Å². The van der Waals surface area contributed by atoms with E-state index in [9.17, 15) is 4.39 Å². The smallest absolute Gasteiger partial charge is 0.165 e. The lowest BCUT2D eigenvalue weighted by molar-refractivity contribution is 0.133. The molecule has 1 aliphatic carbocycles. The number of aliphatic imine (C=N–C) groups is 1. The van der Waals surface area contributed by atoms with Crippen LogP contribution in [0.3, 0.4) is 0 Å². The maximum atomic E-state index is 13.9. The summed E-state index contributed by atoms with van der Waals surface area (Å²) in [5.41, 5.74) is 3.69. The van der Waals surface area contributed by atoms with Crippen LogP contribution >= 0.6 is 11.6 Å². The number of nitrogens with one attached hydrogen (secondary N) is 1. The van der Waals surface area contributed by atoms with Crippen LogP contribution in [0, 0.1) is 11.7 Å². The number of ether oxygens (including phenoxy) is 1. The average molecular weight is 426 g/mol. The summed E-state index contributed by atoms with van der Waals surface area (Å²) in [5.74, 6) is 1.58. The second kappa shape index (κ2) is 8.40. The van der Waals surface area contributed by atoms with E-state index in [2.05, 4.69) is 22.4 Å². The van der Waals surface area contributed by atoms with Crippen molar-refractivity contribution in [1.29, 1.82) is 0 Å². The highest BCUT2D eigenvalue weighted by atomic mass is 35.5. The average Bonchev–Trinajstić information content (AvgIpc) is 2.94. The van der Waals surface area contributed by atoms with Crippen LogP contribution in [0.4, 0.5) is 10.1 Å². The van der Waals surface area contributed by atoms with Gasteiger partial charge in [0.15, 0.2) is 11.6 Å². The number of para-hydroxylation sites is 1. The number of rotatable bonds is 3. The quantitative estimate of drug-likeness (QED) is 0.722. The second-order valence-corrected chi connectivity index (χ2v) is 8.56. The summed E-state index contributed by atoms with van der Waals surface area (Å²) in [6.07, 6.45) is 6.20. The molecule has 2 aliphatic heterocycles. The van der Waals surface area contributed by atoms with E-state index < -0.39 is 0 Å². The van der Waals surface area contributed by atoms with E-state index in [-0.39, 0.29) is 11.9 Å². The molecular formula is C24H25ClFN3O. The Kier molecular flexibility index (Phi) is 5.48. The molecule has 1 saturated carbocycles. The Morgan fingerprint density at radius 3 is 2.73 bits per heavy atom. The molecule has 3 aliphatic rings. The van der Waals surface area contributed by atoms with Gasteiger partial charge in [-0.3, -0.25) is 4.99 Å². The van der Waals surface area contributed by atoms with Gasteiger partial charge in [0.05, 0.1) is 24.9 Å². The molecular weight excluding hydrogens is 401 g/mol. The summed E-state index contributed by atoms with van der Waals surface area (Å²) >= 11 is 6.25. The molecule has 0 saturated heterocycles. The standard InChI is InChI=1S/C24H25ClFN3O/c25-18-7-10-21-17(13-18)14-27-15-24-28-12-11-22(29(21)24)16-5-8-19(9-6-16)30-23-4-2-1-3-20(23)26/h1-4,7,10-11,13,16,19,27H,5-6,8-9,12,14-15H2. The number of nitrogens with zero attached hydrogens (tertiary/aromatic N) is 2. The fraction of sp³-hybridized carbons (Fsp3) is 0.375. The summed E-state index contributed by atoms with van der Waals surface area (Å²) in [7, 11) is 0. The van der Waals surface area contributed by atoms with Gasteiger partial charge in [-0.2, -0.15) is 0 Å². The van der Waals surface area contributed by atoms with Gasteiger partial charge in [0.2, 0.25) is 0 Å². The number of benzene rings is 2. The molecule has 0 aromatic heterocycles. The van der Waals surface area contributed by atoms with Crippen molar-refractivity contribution in [1.82, 2.24) is 5.32 Å². The Bertz CT molecular complexity index is 998. The van der Waals surface area contributed by atoms with Crippen molar-refractivity contribution in [2.24, 2.45) is 10.9 Å². The highest BCUT2D eigenvalue weighted by Gasteiger charge is 2.33. The van der Waals surface area contributed by atoms with Crippen LogP contribution in [0.25, 0.3) is 0 Å². The van der Waals surface area contributed by atoms with E-state index in [1.165, 1.54) is 23.0 Å². The number of hydrogen-bond acceptors (Lipinski definition) is 4. The maximum absolute atomic E-state index is 13.9. The lowest BCUT2D eigenvalue weighted by Gasteiger charge is -2.38. The van der Waals surface area contributed by atoms with Gasteiger partial charge in [-0.1, -0.05) is 23.7 Å².